The molecular formula is C15H28N2O. The molecule has 2 N–H and O–H groups in total. The van der Waals surface area contributed by atoms with E-state index in [2.05, 4.69) is 11.8 Å². The van der Waals surface area contributed by atoms with Crippen LogP contribution in [0.3, 0.4) is 0 Å². The van der Waals surface area contributed by atoms with Crippen molar-refractivity contribution in [2.75, 3.05) is 13.1 Å². The number of hydrogen-bond acceptors (Lipinski definition) is 2. The van der Waals surface area contributed by atoms with Crippen LogP contribution in [0.2, 0.25) is 0 Å². The highest BCUT2D eigenvalue weighted by atomic mass is 16.2. The number of nitrogens with two attached hydrogens (primary N) is 1. The van der Waals surface area contributed by atoms with E-state index in [1.165, 1.54) is 38.5 Å². The summed E-state index contributed by atoms with van der Waals surface area (Å²) in [5, 5.41) is 0. The Labute approximate surface area is 111 Å². The van der Waals surface area contributed by atoms with Crippen molar-refractivity contribution in [3.05, 3.63) is 0 Å². The summed E-state index contributed by atoms with van der Waals surface area (Å²) in [5.41, 5.74) is 5.93. The Morgan fingerprint density at radius 3 is 2.83 bits per heavy atom. The van der Waals surface area contributed by atoms with Crippen LogP contribution in [-0.2, 0) is 4.79 Å². The van der Waals surface area contributed by atoms with Crippen molar-refractivity contribution >= 4 is 5.91 Å². The van der Waals surface area contributed by atoms with Gasteiger partial charge in [0.25, 0.3) is 0 Å². The molecule has 1 amide bonds. The smallest absolute Gasteiger partial charge is 0.222 e. The van der Waals surface area contributed by atoms with Gasteiger partial charge >= 0.3 is 0 Å². The van der Waals surface area contributed by atoms with Gasteiger partial charge in [0.1, 0.15) is 0 Å². The van der Waals surface area contributed by atoms with Gasteiger partial charge in [-0.25, -0.2) is 0 Å². The molecule has 1 saturated carbocycles. The molecule has 104 valence electrons. The van der Waals surface area contributed by atoms with Gasteiger partial charge in [0.05, 0.1) is 0 Å². The highest BCUT2D eigenvalue weighted by molar-refractivity contribution is 5.77. The van der Waals surface area contributed by atoms with E-state index in [4.69, 9.17) is 5.73 Å². The molecule has 0 spiro atoms. The minimum atomic E-state index is 0.377. The fourth-order valence-corrected chi connectivity index (χ4v) is 3.80. The fourth-order valence-electron chi connectivity index (χ4n) is 3.80. The van der Waals surface area contributed by atoms with Crippen LogP contribution < -0.4 is 5.73 Å². The Hall–Kier alpha value is -0.570. The molecule has 3 heteroatoms. The molecule has 0 aromatic carbocycles. The van der Waals surface area contributed by atoms with Crippen molar-refractivity contribution in [1.29, 1.82) is 0 Å². The van der Waals surface area contributed by atoms with Gasteiger partial charge in [-0.2, -0.15) is 0 Å². The zero-order valence-corrected chi connectivity index (χ0v) is 11.7. The van der Waals surface area contributed by atoms with Crippen molar-refractivity contribution in [2.45, 2.75) is 64.3 Å². The number of piperidine rings is 1. The largest absolute Gasteiger partial charge is 0.339 e. The SMILES string of the molecule is CCCC1CCC(CN)C(N2CCCCC2=O)C1. The van der Waals surface area contributed by atoms with E-state index in [1.807, 2.05) is 0 Å². The van der Waals surface area contributed by atoms with Gasteiger partial charge in [0.2, 0.25) is 5.91 Å². The van der Waals surface area contributed by atoms with E-state index in [1.54, 1.807) is 0 Å². The molecule has 0 bridgehead atoms. The van der Waals surface area contributed by atoms with Gasteiger partial charge < -0.3 is 10.6 Å². The first-order valence-electron chi connectivity index (χ1n) is 7.75. The quantitative estimate of drug-likeness (QED) is 0.835. The van der Waals surface area contributed by atoms with E-state index in [0.29, 0.717) is 17.9 Å². The summed E-state index contributed by atoms with van der Waals surface area (Å²) >= 11 is 0. The standard InChI is InChI=1S/C15H28N2O/c1-2-5-12-7-8-13(11-16)14(10-12)17-9-4-3-6-15(17)18/h12-14H,2-11,16H2,1H3. The monoisotopic (exact) mass is 252 g/mol. The number of nitrogens with zero attached hydrogens (tertiary/aromatic N) is 1. The van der Waals surface area contributed by atoms with E-state index in [-0.39, 0.29) is 0 Å². The molecule has 3 unspecified atom stereocenters. The molecule has 3 nitrogen and oxygen atoms in total. The highest BCUT2D eigenvalue weighted by Crippen LogP contribution is 2.35. The molecule has 3 atom stereocenters. The second kappa shape index (κ2) is 6.55. The fraction of sp³-hybridized carbons (Fsp3) is 0.933. The van der Waals surface area contributed by atoms with Crippen molar-refractivity contribution < 1.29 is 4.79 Å². The van der Waals surface area contributed by atoms with Crippen molar-refractivity contribution in [2.24, 2.45) is 17.6 Å². The van der Waals surface area contributed by atoms with Crippen LogP contribution in [-0.4, -0.2) is 29.9 Å². The summed E-state index contributed by atoms with van der Waals surface area (Å²) in [4.78, 5) is 14.3. The maximum atomic E-state index is 12.1. The lowest BCUT2D eigenvalue weighted by molar-refractivity contribution is -0.138. The molecule has 2 rings (SSSR count). The van der Waals surface area contributed by atoms with Crippen LogP contribution in [0.5, 0.6) is 0 Å². The number of likely N-dealkylation sites (tertiary alicyclic amines) is 1. The van der Waals surface area contributed by atoms with Gasteiger partial charge in [-0.05, 0) is 50.5 Å². The molecule has 1 saturated heterocycles. The molecule has 2 aliphatic rings. The first-order valence-corrected chi connectivity index (χ1v) is 7.75. The Kier molecular flexibility index (Phi) is 5.04. The zero-order chi connectivity index (χ0) is 13.0. The van der Waals surface area contributed by atoms with Crippen LogP contribution in [0.25, 0.3) is 0 Å². The van der Waals surface area contributed by atoms with Crippen LogP contribution in [0.1, 0.15) is 58.3 Å². The average Bonchev–Trinajstić information content (AvgIpc) is 2.40. The molecule has 1 aliphatic carbocycles. The molecule has 0 aromatic heterocycles. The molecule has 0 radical (unpaired) electrons. The van der Waals surface area contributed by atoms with E-state index >= 15 is 0 Å². The maximum Gasteiger partial charge on any atom is 0.222 e. The third-order valence-electron chi connectivity index (χ3n) is 4.82. The first kappa shape index (κ1) is 13.9. The van der Waals surface area contributed by atoms with Crippen molar-refractivity contribution in [1.82, 2.24) is 4.90 Å². The Morgan fingerprint density at radius 1 is 1.33 bits per heavy atom. The molecule has 1 aliphatic heterocycles. The summed E-state index contributed by atoms with van der Waals surface area (Å²) in [7, 11) is 0. The van der Waals surface area contributed by atoms with Gasteiger partial charge in [0.15, 0.2) is 0 Å². The van der Waals surface area contributed by atoms with Crippen LogP contribution in [0, 0.1) is 11.8 Å². The Morgan fingerprint density at radius 2 is 2.17 bits per heavy atom. The van der Waals surface area contributed by atoms with Gasteiger partial charge in [-0.1, -0.05) is 19.8 Å². The number of rotatable bonds is 4. The second-order valence-electron chi connectivity index (χ2n) is 6.08. The summed E-state index contributed by atoms with van der Waals surface area (Å²) in [6.45, 7) is 3.97. The summed E-state index contributed by atoms with van der Waals surface area (Å²) in [6.07, 6.45) is 9.32. The molecule has 0 aromatic rings. The van der Waals surface area contributed by atoms with E-state index in [0.717, 1.165) is 31.8 Å². The van der Waals surface area contributed by atoms with Gasteiger partial charge in [0, 0.05) is 19.0 Å². The molecule has 2 fully saturated rings. The van der Waals surface area contributed by atoms with Crippen LogP contribution in [0.15, 0.2) is 0 Å². The minimum Gasteiger partial charge on any atom is -0.339 e. The average molecular weight is 252 g/mol. The normalized spacial score (nSPS) is 33.8. The van der Waals surface area contributed by atoms with Crippen LogP contribution in [0.4, 0.5) is 0 Å². The second-order valence-corrected chi connectivity index (χ2v) is 6.08. The Bertz CT molecular complexity index is 280. The van der Waals surface area contributed by atoms with Gasteiger partial charge in [-0.15, -0.1) is 0 Å². The summed E-state index contributed by atoms with van der Waals surface area (Å²) < 4.78 is 0. The van der Waals surface area contributed by atoms with E-state index in [9.17, 15) is 4.79 Å². The number of hydrogen-bond donors (Lipinski definition) is 1. The Balaban J connectivity index is 2.02. The lowest BCUT2D eigenvalue weighted by Crippen LogP contribution is -2.51. The van der Waals surface area contributed by atoms with Crippen molar-refractivity contribution in [3.63, 3.8) is 0 Å². The maximum absolute atomic E-state index is 12.1. The predicted molar refractivity (Wildman–Crippen MR) is 74.1 cm³/mol. The van der Waals surface area contributed by atoms with Gasteiger partial charge in [-0.3, -0.25) is 4.79 Å². The number of carbonyl (C=O) groups excluding carboxylic acids is 1. The lowest BCUT2D eigenvalue weighted by Gasteiger charge is -2.44. The minimum absolute atomic E-state index is 0.377. The summed E-state index contributed by atoms with van der Waals surface area (Å²) in [6, 6.07) is 0.438. The lowest BCUT2D eigenvalue weighted by atomic mass is 9.75. The third-order valence-corrected chi connectivity index (χ3v) is 4.82. The van der Waals surface area contributed by atoms with E-state index < -0.39 is 0 Å². The molecule has 1 heterocycles. The zero-order valence-electron chi connectivity index (χ0n) is 11.7. The number of amides is 1. The van der Waals surface area contributed by atoms with Crippen LogP contribution >= 0.6 is 0 Å². The molecular weight excluding hydrogens is 224 g/mol. The molecule has 18 heavy (non-hydrogen) atoms. The first-order chi connectivity index (χ1) is 8.76. The van der Waals surface area contributed by atoms with Crippen molar-refractivity contribution in [3.8, 4) is 0 Å². The summed E-state index contributed by atoms with van der Waals surface area (Å²) in [5.74, 6) is 1.74. The number of carbonyl (C=O) groups is 1. The third kappa shape index (κ3) is 3.05. The predicted octanol–water partition coefficient (Wildman–Crippen LogP) is 2.54. The topological polar surface area (TPSA) is 46.3 Å². The highest BCUT2D eigenvalue weighted by Gasteiger charge is 2.36.